The van der Waals surface area contributed by atoms with E-state index in [0.29, 0.717) is 17.3 Å². The fraction of sp³-hybridized carbons (Fsp3) is 0.682. The Morgan fingerprint density at radius 2 is 2.08 bits per heavy atom. The van der Waals surface area contributed by atoms with Gasteiger partial charge in [-0.1, -0.05) is 31.6 Å². The number of rotatable bonds is 3. The van der Waals surface area contributed by atoms with E-state index >= 15 is 0 Å². The zero-order valence-electron chi connectivity index (χ0n) is 15.9. The standard InChI is InChI=1S/C22H30N2O2/c1-22(2)17-7-6-14(18(22)9-17)10-23-11-15-8-16(12-23)20(13-25)24-19(15)4-3-5-21(24)26/h3-6,15-18,20,25H,7-13H2,1-2H3/t15-,16+,17+,18+,20+/m1/s1. The summed E-state index contributed by atoms with van der Waals surface area (Å²) in [6, 6.07) is 5.53. The second-order valence-corrected chi connectivity index (χ2v) is 9.62. The van der Waals surface area contributed by atoms with E-state index in [0.717, 1.165) is 43.6 Å². The molecule has 3 heterocycles. The molecule has 4 bridgehead atoms. The van der Waals surface area contributed by atoms with Gasteiger partial charge in [-0.25, -0.2) is 0 Å². The molecule has 5 atom stereocenters. The van der Waals surface area contributed by atoms with Crippen molar-refractivity contribution in [3.63, 3.8) is 0 Å². The summed E-state index contributed by atoms with van der Waals surface area (Å²) in [5.41, 5.74) is 3.29. The fourth-order valence-corrected chi connectivity index (χ4v) is 6.41. The van der Waals surface area contributed by atoms with Gasteiger partial charge in [-0.2, -0.15) is 0 Å². The Bertz CT molecular complexity index is 809. The molecular weight excluding hydrogens is 324 g/mol. The summed E-state index contributed by atoms with van der Waals surface area (Å²) in [4.78, 5) is 15.0. The molecule has 0 unspecified atom stereocenters. The van der Waals surface area contributed by atoms with Gasteiger partial charge < -0.3 is 9.67 Å². The summed E-state index contributed by atoms with van der Waals surface area (Å²) in [7, 11) is 0. The molecule has 3 aliphatic carbocycles. The van der Waals surface area contributed by atoms with Crippen molar-refractivity contribution in [2.75, 3.05) is 26.2 Å². The van der Waals surface area contributed by atoms with Crippen molar-refractivity contribution in [2.45, 2.75) is 45.1 Å². The van der Waals surface area contributed by atoms with Crippen LogP contribution in [0.1, 0.15) is 50.8 Å². The molecule has 0 radical (unpaired) electrons. The highest BCUT2D eigenvalue weighted by molar-refractivity contribution is 5.25. The second kappa shape index (κ2) is 5.80. The summed E-state index contributed by atoms with van der Waals surface area (Å²) in [5.74, 6) is 2.43. The van der Waals surface area contributed by atoms with Crippen molar-refractivity contribution in [3.8, 4) is 0 Å². The van der Waals surface area contributed by atoms with E-state index in [1.807, 2.05) is 10.6 Å². The van der Waals surface area contributed by atoms with Crippen molar-refractivity contribution in [3.05, 3.63) is 45.9 Å². The third-order valence-corrected chi connectivity index (χ3v) is 8.05. The molecule has 0 spiro atoms. The van der Waals surface area contributed by atoms with Gasteiger partial charge in [-0.05, 0) is 48.5 Å². The number of allylic oxidation sites excluding steroid dienone is 1. The van der Waals surface area contributed by atoms with Crippen molar-refractivity contribution in [1.82, 2.24) is 9.47 Å². The molecule has 140 valence electrons. The van der Waals surface area contributed by atoms with Gasteiger partial charge in [0.15, 0.2) is 0 Å². The van der Waals surface area contributed by atoms with Gasteiger partial charge in [0.2, 0.25) is 0 Å². The van der Waals surface area contributed by atoms with Crippen LogP contribution in [0.5, 0.6) is 0 Å². The third kappa shape index (κ3) is 2.31. The van der Waals surface area contributed by atoms with Crippen LogP contribution < -0.4 is 5.56 Å². The summed E-state index contributed by atoms with van der Waals surface area (Å²) in [6.07, 6.45) is 6.23. The molecular formula is C22H30N2O2. The summed E-state index contributed by atoms with van der Waals surface area (Å²) >= 11 is 0. The lowest BCUT2D eigenvalue weighted by Crippen LogP contribution is -2.53. The van der Waals surface area contributed by atoms with E-state index in [1.54, 1.807) is 11.6 Å². The summed E-state index contributed by atoms with van der Waals surface area (Å²) in [6.45, 7) is 8.04. The summed E-state index contributed by atoms with van der Waals surface area (Å²) < 4.78 is 1.88. The van der Waals surface area contributed by atoms with Gasteiger partial charge in [0.05, 0.1) is 12.6 Å². The highest BCUT2D eigenvalue weighted by Gasteiger charge is 2.51. The van der Waals surface area contributed by atoms with E-state index in [4.69, 9.17) is 0 Å². The average molecular weight is 354 g/mol. The molecule has 5 aliphatic rings. The molecule has 0 aromatic carbocycles. The average Bonchev–Trinajstić information content (AvgIpc) is 2.63. The number of aliphatic hydroxyl groups excluding tert-OH is 1. The molecule has 1 saturated heterocycles. The van der Waals surface area contributed by atoms with Gasteiger partial charge in [0.1, 0.15) is 0 Å². The van der Waals surface area contributed by atoms with Gasteiger partial charge in [-0.15, -0.1) is 0 Å². The minimum absolute atomic E-state index is 0.0435. The molecule has 1 aromatic rings. The van der Waals surface area contributed by atoms with Crippen molar-refractivity contribution >= 4 is 0 Å². The van der Waals surface area contributed by atoms with Crippen molar-refractivity contribution in [2.24, 2.45) is 23.2 Å². The molecule has 0 amide bonds. The molecule has 1 N–H and O–H groups in total. The predicted octanol–water partition coefficient (Wildman–Crippen LogP) is 2.79. The van der Waals surface area contributed by atoms with Crippen LogP contribution in [-0.4, -0.2) is 40.8 Å². The lowest BCUT2D eigenvalue weighted by molar-refractivity contribution is -0.0142. The first-order chi connectivity index (χ1) is 12.5. The van der Waals surface area contributed by atoms with Crippen LogP contribution in [0.2, 0.25) is 0 Å². The van der Waals surface area contributed by atoms with Crippen LogP contribution in [0, 0.1) is 23.2 Å². The first kappa shape index (κ1) is 16.8. The Hall–Kier alpha value is -1.39. The molecule has 1 saturated carbocycles. The van der Waals surface area contributed by atoms with E-state index in [-0.39, 0.29) is 18.2 Å². The number of piperidine rings is 1. The van der Waals surface area contributed by atoms with Crippen LogP contribution in [0.3, 0.4) is 0 Å². The minimum atomic E-state index is -0.0670. The predicted molar refractivity (Wildman–Crippen MR) is 102 cm³/mol. The Labute approximate surface area is 155 Å². The van der Waals surface area contributed by atoms with Crippen LogP contribution in [0.25, 0.3) is 0 Å². The Balaban J connectivity index is 1.41. The van der Waals surface area contributed by atoms with Crippen LogP contribution in [-0.2, 0) is 0 Å². The van der Waals surface area contributed by atoms with E-state index < -0.39 is 0 Å². The largest absolute Gasteiger partial charge is 0.394 e. The molecule has 4 heteroatoms. The van der Waals surface area contributed by atoms with Gasteiger partial charge >= 0.3 is 0 Å². The number of aliphatic hydroxyl groups is 1. The van der Waals surface area contributed by atoms with Crippen LogP contribution in [0.4, 0.5) is 0 Å². The quantitative estimate of drug-likeness (QED) is 0.849. The number of fused-ring (bicyclic) bond motifs is 5. The molecule has 2 aliphatic heterocycles. The zero-order valence-corrected chi connectivity index (χ0v) is 15.9. The summed E-state index contributed by atoms with van der Waals surface area (Å²) in [5, 5.41) is 10.0. The normalized spacial score (nSPS) is 37.5. The van der Waals surface area contributed by atoms with Gasteiger partial charge in [-0.3, -0.25) is 9.69 Å². The lowest BCUT2D eigenvalue weighted by Gasteiger charge is -2.57. The number of likely N-dealkylation sites (tertiary alicyclic amines) is 1. The van der Waals surface area contributed by atoms with Crippen molar-refractivity contribution in [1.29, 1.82) is 0 Å². The first-order valence-electron chi connectivity index (χ1n) is 10.2. The molecule has 6 rings (SSSR count). The second-order valence-electron chi connectivity index (χ2n) is 9.62. The molecule has 4 nitrogen and oxygen atoms in total. The van der Waals surface area contributed by atoms with Crippen molar-refractivity contribution < 1.29 is 5.11 Å². The van der Waals surface area contributed by atoms with Crippen LogP contribution >= 0.6 is 0 Å². The number of aromatic nitrogens is 1. The topological polar surface area (TPSA) is 45.5 Å². The number of pyridine rings is 1. The Kier molecular flexibility index (Phi) is 3.74. The highest BCUT2D eigenvalue weighted by Crippen LogP contribution is 2.59. The maximum absolute atomic E-state index is 12.4. The Morgan fingerprint density at radius 3 is 2.81 bits per heavy atom. The monoisotopic (exact) mass is 354 g/mol. The van der Waals surface area contributed by atoms with Crippen LogP contribution in [0.15, 0.2) is 34.6 Å². The maximum Gasteiger partial charge on any atom is 0.251 e. The van der Waals surface area contributed by atoms with E-state index in [1.165, 1.54) is 12.8 Å². The third-order valence-electron chi connectivity index (χ3n) is 8.05. The van der Waals surface area contributed by atoms with Gasteiger partial charge in [0.25, 0.3) is 5.56 Å². The number of nitrogens with zero attached hydrogens (tertiary/aromatic N) is 2. The molecule has 1 aromatic heterocycles. The van der Waals surface area contributed by atoms with E-state index in [9.17, 15) is 9.90 Å². The first-order valence-corrected chi connectivity index (χ1v) is 10.2. The zero-order chi connectivity index (χ0) is 18.1. The maximum atomic E-state index is 12.4. The highest BCUT2D eigenvalue weighted by atomic mass is 16.3. The smallest absolute Gasteiger partial charge is 0.251 e. The SMILES string of the molecule is CC1(C)[C@H]2CC=C(CN3C[C@H]4C[C@@H](C3)[C@H](CO)n3c4cccc3=O)[C@@H]1C2. The lowest BCUT2D eigenvalue weighted by atomic mass is 9.49. The molecule has 2 fully saturated rings. The number of hydrogen-bond donors (Lipinski definition) is 1. The Morgan fingerprint density at radius 1 is 1.23 bits per heavy atom. The minimum Gasteiger partial charge on any atom is -0.394 e. The molecule has 26 heavy (non-hydrogen) atoms. The van der Waals surface area contributed by atoms with Gasteiger partial charge in [0, 0.05) is 37.3 Å². The number of hydrogen-bond acceptors (Lipinski definition) is 3. The van der Waals surface area contributed by atoms with E-state index in [2.05, 4.69) is 30.9 Å². The fourth-order valence-electron chi connectivity index (χ4n) is 6.41.